The lowest BCUT2D eigenvalue weighted by atomic mass is 10.2. The minimum absolute atomic E-state index is 0.214. The van der Waals surface area contributed by atoms with Crippen LogP contribution >= 0.6 is 23.2 Å². The minimum atomic E-state index is -0.590. The lowest BCUT2D eigenvalue weighted by Crippen LogP contribution is -2.17. The Balaban J connectivity index is 1.59. The Morgan fingerprint density at radius 3 is 2.39 bits per heavy atom. The lowest BCUT2D eigenvalue weighted by molar-refractivity contribution is 0.0734. The molecule has 1 N–H and O–H groups in total. The summed E-state index contributed by atoms with van der Waals surface area (Å²) in [6.07, 6.45) is 4.52. The largest absolute Gasteiger partial charge is 0.423 e. The second-order valence-corrected chi connectivity index (χ2v) is 6.36. The van der Waals surface area contributed by atoms with Gasteiger partial charge in [0.05, 0.1) is 16.8 Å². The van der Waals surface area contributed by atoms with Crippen LogP contribution in [0.4, 0.5) is 0 Å². The first-order chi connectivity index (χ1) is 13.5. The zero-order valence-electron chi connectivity index (χ0n) is 14.3. The Labute approximate surface area is 170 Å². The smallest absolute Gasteiger partial charge is 0.345 e. The van der Waals surface area contributed by atoms with E-state index in [1.807, 2.05) is 0 Å². The molecule has 0 spiro atoms. The number of hydrogen-bond acceptors (Lipinski definition) is 5. The molecular formula is C20H13Cl2N3O3. The van der Waals surface area contributed by atoms with Crippen molar-refractivity contribution in [3.05, 3.63) is 93.7 Å². The number of halogens is 2. The zero-order valence-corrected chi connectivity index (χ0v) is 15.8. The van der Waals surface area contributed by atoms with Crippen molar-refractivity contribution in [2.45, 2.75) is 0 Å². The van der Waals surface area contributed by atoms with E-state index >= 15 is 0 Å². The molecule has 0 saturated carbocycles. The van der Waals surface area contributed by atoms with Crippen LogP contribution in [-0.2, 0) is 0 Å². The van der Waals surface area contributed by atoms with Crippen LogP contribution in [-0.4, -0.2) is 23.1 Å². The predicted octanol–water partition coefficient (Wildman–Crippen LogP) is 4.37. The number of ether oxygens (including phenoxy) is 1. The van der Waals surface area contributed by atoms with Gasteiger partial charge in [0.1, 0.15) is 5.75 Å². The SMILES string of the molecule is O=C(N/N=C\c1ccc(OC(=O)c2ccc(Cl)cc2Cl)cc1)c1ccncc1. The molecular weight excluding hydrogens is 401 g/mol. The summed E-state index contributed by atoms with van der Waals surface area (Å²) in [6, 6.07) is 14.3. The van der Waals surface area contributed by atoms with E-state index in [4.69, 9.17) is 27.9 Å². The van der Waals surface area contributed by atoms with Crippen LogP contribution in [0.2, 0.25) is 10.0 Å². The highest BCUT2D eigenvalue weighted by atomic mass is 35.5. The monoisotopic (exact) mass is 413 g/mol. The van der Waals surface area contributed by atoms with Crippen molar-refractivity contribution in [2.75, 3.05) is 0 Å². The average Bonchev–Trinajstić information content (AvgIpc) is 2.69. The summed E-state index contributed by atoms with van der Waals surface area (Å²) < 4.78 is 5.29. The molecule has 1 amide bonds. The van der Waals surface area contributed by atoms with Gasteiger partial charge in [-0.3, -0.25) is 9.78 Å². The number of esters is 1. The number of benzene rings is 2. The fourth-order valence-electron chi connectivity index (χ4n) is 2.17. The Kier molecular flexibility index (Phi) is 6.37. The fourth-order valence-corrected chi connectivity index (χ4v) is 2.66. The minimum Gasteiger partial charge on any atom is -0.423 e. The van der Waals surface area contributed by atoms with E-state index in [9.17, 15) is 9.59 Å². The van der Waals surface area contributed by atoms with E-state index in [1.54, 1.807) is 42.5 Å². The molecule has 0 fully saturated rings. The molecule has 1 aromatic heterocycles. The van der Waals surface area contributed by atoms with Crippen LogP contribution in [0, 0.1) is 0 Å². The third-order valence-corrected chi connectivity index (χ3v) is 4.11. The maximum absolute atomic E-state index is 12.2. The summed E-state index contributed by atoms with van der Waals surface area (Å²) >= 11 is 11.8. The second kappa shape index (κ2) is 9.12. The van der Waals surface area contributed by atoms with E-state index in [0.717, 1.165) is 0 Å². The Hall–Kier alpha value is -3.22. The number of nitrogens with zero attached hydrogens (tertiary/aromatic N) is 2. The molecule has 28 heavy (non-hydrogen) atoms. The third-order valence-electron chi connectivity index (χ3n) is 3.56. The number of nitrogens with one attached hydrogen (secondary N) is 1. The zero-order chi connectivity index (χ0) is 19.9. The van der Waals surface area contributed by atoms with Gasteiger partial charge in [-0.25, -0.2) is 10.2 Å². The Morgan fingerprint density at radius 2 is 1.71 bits per heavy atom. The molecule has 3 aromatic rings. The van der Waals surface area contributed by atoms with Crippen LogP contribution in [0.3, 0.4) is 0 Å². The average molecular weight is 414 g/mol. The van der Waals surface area contributed by atoms with Crippen molar-refractivity contribution in [2.24, 2.45) is 5.10 Å². The van der Waals surface area contributed by atoms with Crippen molar-refractivity contribution >= 4 is 41.3 Å². The predicted molar refractivity (Wildman–Crippen MR) is 107 cm³/mol. The normalized spacial score (nSPS) is 10.6. The summed E-state index contributed by atoms with van der Waals surface area (Å²) in [4.78, 5) is 27.9. The number of hydrazone groups is 1. The first kappa shape index (κ1) is 19.5. The molecule has 140 valence electrons. The van der Waals surface area contributed by atoms with Gasteiger partial charge in [-0.15, -0.1) is 0 Å². The maximum atomic E-state index is 12.2. The third kappa shape index (κ3) is 5.16. The van der Waals surface area contributed by atoms with Crippen molar-refractivity contribution in [1.29, 1.82) is 0 Å². The maximum Gasteiger partial charge on any atom is 0.345 e. The molecule has 1 heterocycles. The van der Waals surface area contributed by atoms with Gasteiger partial charge in [0, 0.05) is 23.0 Å². The molecule has 0 aliphatic rings. The van der Waals surface area contributed by atoms with Gasteiger partial charge in [0.2, 0.25) is 0 Å². The molecule has 0 aliphatic heterocycles. The highest BCUT2D eigenvalue weighted by Gasteiger charge is 2.13. The fraction of sp³-hybridized carbons (Fsp3) is 0. The van der Waals surface area contributed by atoms with Gasteiger partial charge in [-0.05, 0) is 60.2 Å². The highest BCUT2D eigenvalue weighted by molar-refractivity contribution is 6.36. The number of rotatable bonds is 5. The highest BCUT2D eigenvalue weighted by Crippen LogP contribution is 2.22. The van der Waals surface area contributed by atoms with Crippen LogP contribution in [0.15, 0.2) is 72.1 Å². The van der Waals surface area contributed by atoms with Gasteiger partial charge in [0.25, 0.3) is 5.91 Å². The first-order valence-electron chi connectivity index (χ1n) is 8.03. The quantitative estimate of drug-likeness (QED) is 0.291. The van der Waals surface area contributed by atoms with Gasteiger partial charge in [-0.1, -0.05) is 23.2 Å². The Morgan fingerprint density at radius 1 is 1.00 bits per heavy atom. The van der Waals surface area contributed by atoms with E-state index in [0.29, 0.717) is 21.9 Å². The molecule has 0 saturated heterocycles. The topological polar surface area (TPSA) is 80.6 Å². The van der Waals surface area contributed by atoms with Gasteiger partial charge < -0.3 is 4.74 Å². The number of hydrogen-bond donors (Lipinski definition) is 1. The van der Waals surface area contributed by atoms with Crippen molar-refractivity contribution in [1.82, 2.24) is 10.4 Å². The molecule has 0 aliphatic carbocycles. The number of aromatic nitrogens is 1. The molecule has 0 unspecified atom stereocenters. The molecule has 6 nitrogen and oxygen atoms in total. The van der Waals surface area contributed by atoms with Crippen LogP contribution in [0.5, 0.6) is 5.75 Å². The summed E-state index contributed by atoms with van der Waals surface area (Å²) in [5.41, 5.74) is 3.80. The number of carbonyl (C=O) groups is 2. The van der Waals surface area contributed by atoms with E-state index in [-0.39, 0.29) is 16.5 Å². The number of pyridine rings is 1. The number of amides is 1. The summed E-state index contributed by atoms with van der Waals surface area (Å²) in [5, 5.41) is 4.54. The Bertz CT molecular complexity index is 1020. The van der Waals surface area contributed by atoms with Gasteiger partial charge in [0.15, 0.2) is 0 Å². The lowest BCUT2D eigenvalue weighted by Gasteiger charge is -2.06. The first-order valence-corrected chi connectivity index (χ1v) is 8.79. The molecule has 0 radical (unpaired) electrons. The van der Waals surface area contributed by atoms with E-state index < -0.39 is 5.97 Å². The van der Waals surface area contributed by atoms with Crippen LogP contribution in [0.1, 0.15) is 26.3 Å². The molecule has 0 bridgehead atoms. The van der Waals surface area contributed by atoms with Gasteiger partial charge in [-0.2, -0.15) is 5.10 Å². The van der Waals surface area contributed by atoms with Gasteiger partial charge >= 0.3 is 5.97 Å². The molecule has 3 rings (SSSR count). The van der Waals surface area contributed by atoms with Crippen molar-refractivity contribution in [3.63, 3.8) is 0 Å². The summed E-state index contributed by atoms with van der Waals surface area (Å²) in [7, 11) is 0. The van der Waals surface area contributed by atoms with Crippen LogP contribution in [0.25, 0.3) is 0 Å². The molecule has 8 heteroatoms. The standard InChI is InChI=1S/C20H13Cl2N3O3/c21-15-3-6-17(18(22)11-15)20(27)28-16-4-1-13(2-5-16)12-24-25-19(26)14-7-9-23-10-8-14/h1-12H,(H,25,26)/b24-12-. The second-order valence-electron chi connectivity index (χ2n) is 5.52. The number of carbonyl (C=O) groups excluding carboxylic acids is 2. The molecule has 2 aromatic carbocycles. The summed E-state index contributed by atoms with van der Waals surface area (Å²) in [6.45, 7) is 0. The van der Waals surface area contributed by atoms with Crippen LogP contribution < -0.4 is 10.2 Å². The van der Waals surface area contributed by atoms with E-state index in [2.05, 4.69) is 15.5 Å². The van der Waals surface area contributed by atoms with Crippen molar-refractivity contribution < 1.29 is 14.3 Å². The summed E-state index contributed by atoms with van der Waals surface area (Å²) in [5.74, 6) is -0.592. The van der Waals surface area contributed by atoms with Crippen molar-refractivity contribution in [3.8, 4) is 5.75 Å². The molecule has 0 atom stereocenters. The van der Waals surface area contributed by atoms with E-state index in [1.165, 1.54) is 30.7 Å².